The minimum Gasteiger partial charge on any atom is -0.378 e. The smallest absolute Gasteiger partial charge is 0.288 e. The molecule has 1 amide bonds. The van der Waals surface area contributed by atoms with Crippen LogP contribution in [0.2, 0.25) is 0 Å². The Kier molecular flexibility index (Phi) is 5.66. The summed E-state index contributed by atoms with van der Waals surface area (Å²) in [6.07, 6.45) is 1.40. The third kappa shape index (κ3) is 4.18. The molecule has 0 aliphatic carbocycles. The fraction of sp³-hybridized carbons (Fsp3) is 0.429. The quantitative estimate of drug-likeness (QED) is 0.597. The van der Waals surface area contributed by atoms with Crippen LogP contribution in [0, 0.1) is 0 Å². The summed E-state index contributed by atoms with van der Waals surface area (Å²) in [7, 11) is 0. The van der Waals surface area contributed by atoms with Gasteiger partial charge in [-0.1, -0.05) is 41.7 Å². The van der Waals surface area contributed by atoms with Crippen LogP contribution >= 0.6 is 11.3 Å². The molecule has 5 rings (SSSR count). The van der Waals surface area contributed by atoms with Gasteiger partial charge in [0.05, 0.1) is 13.2 Å². The normalized spacial score (nSPS) is 17.9. The average molecular weight is 441 g/mol. The summed E-state index contributed by atoms with van der Waals surface area (Å²) in [6.45, 7) is 6.32. The number of rotatable bonds is 4. The van der Waals surface area contributed by atoms with E-state index in [0.717, 1.165) is 37.9 Å². The average Bonchev–Trinajstić information content (AvgIpc) is 3.26. The predicted molar refractivity (Wildman–Crippen MR) is 118 cm³/mol. The lowest BCUT2D eigenvalue weighted by Crippen LogP contribution is -2.49. The molecule has 3 aromatic rings. The summed E-state index contributed by atoms with van der Waals surface area (Å²) in [6, 6.07) is 10.3. The van der Waals surface area contributed by atoms with Crippen molar-refractivity contribution in [2.24, 2.45) is 0 Å². The van der Waals surface area contributed by atoms with Gasteiger partial charge in [0.15, 0.2) is 0 Å². The van der Waals surface area contributed by atoms with Crippen molar-refractivity contribution in [3.63, 3.8) is 0 Å². The Morgan fingerprint density at radius 2 is 1.77 bits per heavy atom. The number of benzene rings is 1. The number of amides is 1. The second kappa shape index (κ2) is 8.74. The molecule has 0 radical (unpaired) electrons. The zero-order chi connectivity index (χ0) is 21.2. The van der Waals surface area contributed by atoms with Gasteiger partial charge in [-0.15, -0.1) is 5.10 Å². The van der Waals surface area contributed by atoms with Crippen molar-refractivity contribution < 1.29 is 9.53 Å². The number of fused-ring (bicyclic) bond motifs is 1. The summed E-state index contributed by atoms with van der Waals surface area (Å²) in [5, 5.41) is 5.16. The van der Waals surface area contributed by atoms with Gasteiger partial charge in [-0.3, -0.25) is 14.5 Å². The lowest BCUT2D eigenvalue weighted by Gasteiger charge is -2.34. The lowest BCUT2D eigenvalue weighted by molar-refractivity contribution is 0.0626. The van der Waals surface area contributed by atoms with E-state index in [1.165, 1.54) is 27.6 Å². The molecule has 2 saturated heterocycles. The Morgan fingerprint density at radius 3 is 2.52 bits per heavy atom. The number of ether oxygens (including phenoxy) is 1. The summed E-state index contributed by atoms with van der Waals surface area (Å²) in [5.74, 6) is -0.271. The van der Waals surface area contributed by atoms with E-state index < -0.39 is 5.56 Å². The number of hydrogen-bond acceptors (Lipinski definition) is 8. The second-order valence-corrected chi connectivity index (χ2v) is 8.64. The molecule has 162 valence electrons. The fourth-order valence-corrected chi connectivity index (χ4v) is 4.84. The highest BCUT2D eigenvalue weighted by Crippen LogP contribution is 2.22. The number of nitrogens with zero attached hydrogens (tertiary/aromatic N) is 6. The van der Waals surface area contributed by atoms with E-state index in [0.29, 0.717) is 31.3 Å². The minimum absolute atomic E-state index is 0.0767. The monoisotopic (exact) mass is 440 g/mol. The Hall–Kier alpha value is -2.82. The van der Waals surface area contributed by atoms with Crippen LogP contribution in [0.1, 0.15) is 15.9 Å². The molecule has 1 aromatic carbocycles. The van der Waals surface area contributed by atoms with Gasteiger partial charge >= 0.3 is 0 Å². The molecule has 31 heavy (non-hydrogen) atoms. The Morgan fingerprint density at radius 1 is 1.03 bits per heavy atom. The van der Waals surface area contributed by atoms with Crippen molar-refractivity contribution in [3.05, 3.63) is 58.0 Å². The van der Waals surface area contributed by atoms with Crippen molar-refractivity contribution in [2.75, 3.05) is 57.4 Å². The predicted octanol–water partition coefficient (Wildman–Crippen LogP) is 0.946. The van der Waals surface area contributed by atoms with Gasteiger partial charge < -0.3 is 14.5 Å². The maximum atomic E-state index is 13.0. The number of hydrogen-bond donors (Lipinski definition) is 0. The van der Waals surface area contributed by atoms with Crippen LogP contribution in [-0.4, -0.2) is 82.8 Å². The minimum atomic E-state index is -0.405. The number of aromatic nitrogens is 3. The molecule has 2 aromatic heterocycles. The van der Waals surface area contributed by atoms with Gasteiger partial charge in [0.1, 0.15) is 5.56 Å². The van der Waals surface area contributed by atoms with Gasteiger partial charge in [-0.25, -0.2) is 4.98 Å². The standard InChI is InChI=1S/C21H24N6O3S/c28-18(25-8-6-24(7-9-25)15-16-4-2-1-3-5-16)17-14-22-20-27(19(17)29)23-21(31-20)26-10-12-30-13-11-26/h1-5,14H,6-13,15H2. The lowest BCUT2D eigenvalue weighted by atomic mass is 10.2. The molecule has 9 nitrogen and oxygen atoms in total. The third-order valence-electron chi connectivity index (χ3n) is 5.70. The van der Waals surface area contributed by atoms with Gasteiger partial charge in [0, 0.05) is 52.0 Å². The zero-order valence-corrected chi connectivity index (χ0v) is 18.0. The van der Waals surface area contributed by atoms with Crippen LogP contribution in [0.5, 0.6) is 0 Å². The van der Waals surface area contributed by atoms with Crippen LogP contribution in [0.3, 0.4) is 0 Å². The maximum absolute atomic E-state index is 13.0. The highest BCUT2D eigenvalue weighted by Gasteiger charge is 2.26. The largest absolute Gasteiger partial charge is 0.378 e. The number of morpholine rings is 1. The van der Waals surface area contributed by atoms with Crippen LogP contribution in [0.25, 0.3) is 4.96 Å². The highest BCUT2D eigenvalue weighted by molar-refractivity contribution is 7.20. The number of carbonyl (C=O) groups excluding carboxylic acids is 1. The van der Waals surface area contributed by atoms with Crippen LogP contribution in [-0.2, 0) is 11.3 Å². The fourth-order valence-electron chi connectivity index (χ4n) is 3.93. The molecule has 2 aliphatic heterocycles. The van der Waals surface area contributed by atoms with Crippen molar-refractivity contribution >= 4 is 27.3 Å². The molecular formula is C21H24N6O3S. The molecule has 0 atom stereocenters. The topological polar surface area (TPSA) is 83.3 Å². The summed E-state index contributed by atoms with van der Waals surface area (Å²) >= 11 is 1.35. The first-order valence-electron chi connectivity index (χ1n) is 10.5. The van der Waals surface area contributed by atoms with Crippen molar-refractivity contribution in [3.8, 4) is 0 Å². The van der Waals surface area contributed by atoms with E-state index in [2.05, 4.69) is 32.0 Å². The molecule has 0 bridgehead atoms. The van der Waals surface area contributed by atoms with Crippen LogP contribution in [0.15, 0.2) is 41.3 Å². The summed E-state index contributed by atoms with van der Waals surface area (Å²) in [4.78, 5) is 37.0. The number of carbonyl (C=O) groups is 1. The highest BCUT2D eigenvalue weighted by atomic mass is 32.1. The SMILES string of the molecule is O=C(c1cnc2sc(N3CCOCC3)nn2c1=O)N1CCN(Cc2ccccc2)CC1. The maximum Gasteiger partial charge on any atom is 0.288 e. The third-order valence-corrected chi connectivity index (χ3v) is 6.68. The van der Waals surface area contributed by atoms with Gasteiger partial charge in [-0.05, 0) is 5.56 Å². The molecule has 0 N–H and O–H groups in total. The van der Waals surface area contributed by atoms with Crippen molar-refractivity contribution in [2.45, 2.75) is 6.54 Å². The van der Waals surface area contributed by atoms with Crippen molar-refractivity contribution in [1.82, 2.24) is 24.4 Å². The van der Waals surface area contributed by atoms with Crippen LogP contribution in [0.4, 0.5) is 5.13 Å². The number of piperazine rings is 1. The summed E-state index contributed by atoms with van der Waals surface area (Å²) in [5.41, 5.74) is 0.931. The molecule has 2 fully saturated rings. The number of anilines is 1. The molecule has 0 spiro atoms. The molecule has 0 saturated carbocycles. The Bertz CT molecular complexity index is 1120. The molecule has 2 aliphatic rings. The first kappa shape index (κ1) is 20.1. The van der Waals surface area contributed by atoms with Gasteiger partial charge in [0.25, 0.3) is 11.5 Å². The van der Waals surface area contributed by atoms with E-state index in [1.54, 1.807) is 4.90 Å². The molecule has 0 unspecified atom stereocenters. The Labute approximate surface area is 183 Å². The molecular weight excluding hydrogens is 416 g/mol. The van der Waals surface area contributed by atoms with E-state index >= 15 is 0 Å². The Balaban J connectivity index is 1.28. The summed E-state index contributed by atoms with van der Waals surface area (Å²) < 4.78 is 6.63. The first-order chi connectivity index (χ1) is 15.2. The second-order valence-electron chi connectivity index (χ2n) is 7.71. The van der Waals surface area contributed by atoms with Crippen molar-refractivity contribution in [1.29, 1.82) is 0 Å². The van der Waals surface area contributed by atoms with E-state index in [4.69, 9.17) is 4.74 Å². The van der Waals surface area contributed by atoms with E-state index in [-0.39, 0.29) is 11.5 Å². The van der Waals surface area contributed by atoms with Gasteiger partial charge in [0.2, 0.25) is 10.1 Å². The first-order valence-corrected chi connectivity index (χ1v) is 11.3. The van der Waals surface area contributed by atoms with Crippen LogP contribution < -0.4 is 10.5 Å². The molecule has 10 heteroatoms. The van der Waals surface area contributed by atoms with E-state index in [9.17, 15) is 9.59 Å². The zero-order valence-electron chi connectivity index (χ0n) is 17.1. The van der Waals surface area contributed by atoms with E-state index in [1.807, 2.05) is 18.2 Å². The molecule has 4 heterocycles. The van der Waals surface area contributed by atoms with Gasteiger partial charge in [-0.2, -0.15) is 4.52 Å².